The van der Waals surface area contributed by atoms with Crippen LogP contribution in [0.15, 0.2) is 0 Å². The van der Waals surface area contributed by atoms with E-state index in [0.717, 1.165) is 0 Å². The summed E-state index contributed by atoms with van der Waals surface area (Å²) in [6.45, 7) is 10.3. The predicted octanol–water partition coefficient (Wildman–Crippen LogP) is 2.20. The van der Waals surface area contributed by atoms with Crippen molar-refractivity contribution in [3.05, 3.63) is 0 Å². The van der Waals surface area contributed by atoms with Crippen molar-refractivity contribution >= 4 is 17.9 Å². The van der Waals surface area contributed by atoms with Crippen LogP contribution in [0, 0.1) is 34.5 Å². The van der Waals surface area contributed by atoms with E-state index in [1.54, 1.807) is 0 Å². The van der Waals surface area contributed by atoms with Crippen LogP contribution in [0.5, 0.6) is 0 Å². The van der Waals surface area contributed by atoms with Gasteiger partial charge in [-0.25, -0.2) is 0 Å². The van der Waals surface area contributed by atoms with Gasteiger partial charge in [-0.2, -0.15) is 0 Å². The van der Waals surface area contributed by atoms with E-state index in [0.29, 0.717) is 25.4 Å². The highest BCUT2D eigenvalue weighted by atomic mass is 16.5. The Morgan fingerprint density at radius 2 is 1.22 bits per heavy atom. The summed E-state index contributed by atoms with van der Waals surface area (Å²) in [5.74, 6) is 0.480. The van der Waals surface area contributed by atoms with E-state index in [2.05, 4.69) is 37.2 Å². The average Bonchev–Trinajstić information content (AvgIpc) is 3.33. The van der Waals surface area contributed by atoms with Gasteiger partial charge in [0.05, 0.1) is 20.8 Å². The first kappa shape index (κ1) is 23.4. The summed E-state index contributed by atoms with van der Waals surface area (Å²) < 4.78 is 14.1. The number of hydrogen-bond acceptors (Lipinski definition) is 7. The molecule has 0 saturated heterocycles. The molecule has 156 valence electrons. The summed E-state index contributed by atoms with van der Waals surface area (Å²) in [5, 5.41) is 8.95. The molecule has 27 heavy (non-hydrogen) atoms. The minimum Gasteiger partial charge on any atom is -0.469 e. The molecule has 0 bridgehead atoms. The van der Waals surface area contributed by atoms with Gasteiger partial charge in [0.15, 0.2) is 0 Å². The molecule has 7 heteroatoms. The molecular formula is C20H34O7. The van der Waals surface area contributed by atoms with Crippen LogP contribution >= 0.6 is 0 Å². The smallest absolute Gasteiger partial charge is 0.305 e. The van der Waals surface area contributed by atoms with Gasteiger partial charge in [0.1, 0.15) is 0 Å². The van der Waals surface area contributed by atoms with E-state index >= 15 is 0 Å². The zero-order chi connectivity index (χ0) is 21.0. The molecule has 2 aliphatic rings. The number of rotatable bonds is 7. The summed E-state index contributed by atoms with van der Waals surface area (Å²) in [6, 6.07) is 0. The van der Waals surface area contributed by atoms with Crippen LogP contribution in [-0.2, 0) is 28.6 Å². The lowest BCUT2D eigenvalue weighted by Crippen LogP contribution is -2.06. The Kier molecular flexibility index (Phi) is 7.84. The van der Waals surface area contributed by atoms with Gasteiger partial charge in [-0.15, -0.1) is 0 Å². The molecule has 0 aromatic carbocycles. The molecular weight excluding hydrogens is 352 g/mol. The molecule has 0 aromatic heterocycles. The van der Waals surface area contributed by atoms with Crippen LogP contribution in [-0.4, -0.2) is 50.4 Å². The van der Waals surface area contributed by atoms with Crippen molar-refractivity contribution in [3.8, 4) is 0 Å². The molecule has 0 spiro atoms. The molecule has 0 amide bonds. The summed E-state index contributed by atoms with van der Waals surface area (Å²) in [6.07, 6.45) is 0.851. The number of aliphatic hydroxyl groups is 1. The lowest BCUT2D eigenvalue weighted by molar-refractivity contribution is -0.142. The van der Waals surface area contributed by atoms with Gasteiger partial charge in [0, 0.05) is 32.3 Å². The highest BCUT2D eigenvalue weighted by Crippen LogP contribution is 2.60. The fourth-order valence-corrected chi connectivity index (χ4v) is 3.95. The summed E-state index contributed by atoms with van der Waals surface area (Å²) in [4.78, 5) is 32.7. The predicted molar refractivity (Wildman–Crippen MR) is 98.5 cm³/mol. The molecule has 2 fully saturated rings. The van der Waals surface area contributed by atoms with Crippen LogP contribution in [0.2, 0.25) is 0 Å². The molecule has 7 nitrogen and oxygen atoms in total. The molecule has 4 atom stereocenters. The number of ether oxygens (including phenoxy) is 3. The highest BCUT2D eigenvalue weighted by molar-refractivity contribution is 5.70. The first-order valence-electron chi connectivity index (χ1n) is 9.31. The van der Waals surface area contributed by atoms with Crippen LogP contribution in [0.25, 0.3) is 0 Å². The second kappa shape index (κ2) is 9.04. The average molecular weight is 386 g/mol. The van der Waals surface area contributed by atoms with Crippen LogP contribution in [0.3, 0.4) is 0 Å². The molecule has 2 saturated carbocycles. The van der Waals surface area contributed by atoms with Crippen molar-refractivity contribution in [3.63, 3.8) is 0 Å². The zero-order valence-corrected chi connectivity index (χ0v) is 17.5. The first-order chi connectivity index (χ1) is 12.4. The maximum absolute atomic E-state index is 11.1. The molecule has 1 N–H and O–H groups in total. The Balaban J connectivity index is 0.000000277. The van der Waals surface area contributed by atoms with Crippen molar-refractivity contribution in [1.82, 2.24) is 0 Å². The molecule has 0 aromatic rings. The zero-order valence-electron chi connectivity index (χ0n) is 17.5. The SMILES string of the molecule is COC(=O)C[C@@H]1[C@H](CO)C1(C)C.COC(=O)C[C@@H]1[C@H](COC(C)=O)C1(C)C. The third-order valence-corrected chi connectivity index (χ3v) is 6.47. The largest absolute Gasteiger partial charge is 0.469 e. The third kappa shape index (κ3) is 5.92. The highest BCUT2D eigenvalue weighted by Gasteiger charge is 2.58. The lowest BCUT2D eigenvalue weighted by atomic mass is 10.1. The van der Waals surface area contributed by atoms with E-state index in [-0.39, 0.29) is 53.1 Å². The summed E-state index contributed by atoms with van der Waals surface area (Å²) in [5.41, 5.74) is 0.187. The van der Waals surface area contributed by atoms with E-state index in [4.69, 9.17) is 9.84 Å². The molecule has 0 aliphatic heterocycles. The van der Waals surface area contributed by atoms with Crippen molar-refractivity contribution in [1.29, 1.82) is 0 Å². The van der Waals surface area contributed by atoms with Crippen LogP contribution < -0.4 is 0 Å². The Morgan fingerprint density at radius 3 is 1.56 bits per heavy atom. The molecule has 0 unspecified atom stereocenters. The standard InChI is InChI=1S/C11H18O4.C9H16O3/c1-7(12)15-6-9-8(11(9,2)3)5-10(13)14-4;1-9(2)6(7(9)5-10)4-8(11)12-3/h8-9H,5-6H2,1-4H3;6-7,10H,4-5H2,1-3H3/t8-,9+;6-,7+/m11/s1. The van der Waals surface area contributed by atoms with Crippen molar-refractivity contribution < 1.29 is 33.7 Å². The van der Waals surface area contributed by atoms with Crippen molar-refractivity contribution in [2.45, 2.75) is 47.5 Å². The lowest BCUT2D eigenvalue weighted by Gasteiger charge is -2.02. The maximum atomic E-state index is 11.1. The first-order valence-corrected chi connectivity index (χ1v) is 9.31. The summed E-state index contributed by atoms with van der Waals surface area (Å²) >= 11 is 0. The number of esters is 3. The Bertz CT molecular complexity index is 553. The van der Waals surface area contributed by atoms with Gasteiger partial charge in [-0.3, -0.25) is 14.4 Å². The Labute approximate surface area is 161 Å². The number of carbonyl (C=O) groups is 3. The second-order valence-corrected chi connectivity index (χ2v) is 8.61. The number of hydrogen-bond donors (Lipinski definition) is 1. The monoisotopic (exact) mass is 386 g/mol. The minimum atomic E-state index is -0.269. The minimum absolute atomic E-state index is 0.0731. The second-order valence-electron chi connectivity index (χ2n) is 8.61. The van der Waals surface area contributed by atoms with Crippen molar-refractivity contribution in [2.24, 2.45) is 34.5 Å². The topological polar surface area (TPSA) is 99.1 Å². The molecule has 2 aliphatic carbocycles. The molecule has 2 rings (SSSR count). The van der Waals surface area contributed by atoms with Gasteiger partial charge in [-0.1, -0.05) is 27.7 Å². The summed E-state index contributed by atoms with van der Waals surface area (Å²) in [7, 11) is 2.78. The van der Waals surface area contributed by atoms with E-state index in [1.807, 2.05) is 0 Å². The van der Waals surface area contributed by atoms with Gasteiger partial charge in [0.25, 0.3) is 0 Å². The van der Waals surface area contributed by atoms with E-state index in [1.165, 1.54) is 21.1 Å². The van der Waals surface area contributed by atoms with E-state index in [9.17, 15) is 14.4 Å². The van der Waals surface area contributed by atoms with Crippen molar-refractivity contribution in [2.75, 3.05) is 27.4 Å². The fraction of sp³-hybridized carbons (Fsp3) is 0.850. The Hall–Kier alpha value is -1.63. The van der Waals surface area contributed by atoms with Crippen LogP contribution in [0.4, 0.5) is 0 Å². The van der Waals surface area contributed by atoms with E-state index < -0.39 is 0 Å². The number of methoxy groups -OCH3 is 2. The quantitative estimate of drug-likeness (QED) is 0.529. The third-order valence-electron chi connectivity index (χ3n) is 6.47. The molecule has 0 heterocycles. The number of carbonyl (C=O) groups excluding carboxylic acids is 3. The van der Waals surface area contributed by atoms with Gasteiger partial charge >= 0.3 is 17.9 Å². The number of aliphatic hydroxyl groups excluding tert-OH is 1. The fourth-order valence-electron chi connectivity index (χ4n) is 3.95. The van der Waals surface area contributed by atoms with Gasteiger partial charge in [-0.05, 0) is 28.6 Å². The van der Waals surface area contributed by atoms with Gasteiger partial charge in [0.2, 0.25) is 0 Å². The maximum Gasteiger partial charge on any atom is 0.305 e. The normalized spacial score (nSPS) is 28.9. The van der Waals surface area contributed by atoms with Gasteiger partial charge < -0.3 is 19.3 Å². The van der Waals surface area contributed by atoms with Crippen LogP contribution in [0.1, 0.15) is 47.5 Å². The Morgan fingerprint density at radius 1 is 0.815 bits per heavy atom. The molecule has 0 radical (unpaired) electrons.